The first-order valence-electron chi connectivity index (χ1n) is 4.86. The first-order valence-corrected chi connectivity index (χ1v) is 5.65. The quantitative estimate of drug-likeness (QED) is 0.850. The fourth-order valence-corrected chi connectivity index (χ4v) is 1.99. The highest BCUT2D eigenvalue weighted by Crippen LogP contribution is 2.23. The first kappa shape index (κ1) is 10.4. The highest BCUT2D eigenvalue weighted by atomic mass is 79.9. The number of hydrogen-bond acceptors (Lipinski definition) is 3. The van der Waals surface area contributed by atoms with Crippen molar-refractivity contribution in [3.05, 3.63) is 28.6 Å². The van der Waals surface area contributed by atoms with Crippen LogP contribution in [-0.2, 0) is 6.42 Å². The van der Waals surface area contributed by atoms with E-state index in [9.17, 15) is 5.11 Å². The standard InChI is InChI=1S/C11H11BrN2O/c1-2-3-9-8-5-4-7(15)6-10(8)14-11(12)13-9/h4-6,15H,2-3H2,1H3. The molecule has 0 spiro atoms. The average Bonchev–Trinajstić information content (AvgIpc) is 2.17. The van der Waals surface area contributed by atoms with Crippen LogP contribution in [0.25, 0.3) is 10.9 Å². The zero-order chi connectivity index (χ0) is 10.8. The molecule has 0 radical (unpaired) electrons. The van der Waals surface area contributed by atoms with Gasteiger partial charge in [0.05, 0.1) is 11.2 Å². The lowest BCUT2D eigenvalue weighted by Crippen LogP contribution is -1.95. The van der Waals surface area contributed by atoms with E-state index in [4.69, 9.17) is 0 Å². The lowest BCUT2D eigenvalue weighted by atomic mass is 10.1. The number of aryl methyl sites for hydroxylation is 1. The van der Waals surface area contributed by atoms with Gasteiger partial charge in [-0.3, -0.25) is 0 Å². The average molecular weight is 267 g/mol. The van der Waals surface area contributed by atoms with E-state index in [1.807, 2.05) is 6.07 Å². The lowest BCUT2D eigenvalue weighted by Gasteiger charge is -2.05. The summed E-state index contributed by atoms with van der Waals surface area (Å²) >= 11 is 3.27. The van der Waals surface area contributed by atoms with E-state index in [2.05, 4.69) is 32.8 Å². The second kappa shape index (κ2) is 4.14. The van der Waals surface area contributed by atoms with Gasteiger partial charge in [0, 0.05) is 11.5 Å². The van der Waals surface area contributed by atoms with Crippen molar-refractivity contribution in [1.82, 2.24) is 9.97 Å². The summed E-state index contributed by atoms with van der Waals surface area (Å²) in [6, 6.07) is 5.18. The van der Waals surface area contributed by atoms with Gasteiger partial charge < -0.3 is 5.11 Å². The van der Waals surface area contributed by atoms with Gasteiger partial charge in [-0.2, -0.15) is 0 Å². The molecule has 1 aromatic carbocycles. The Balaban J connectivity index is 2.68. The van der Waals surface area contributed by atoms with Crippen molar-refractivity contribution in [3.63, 3.8) is 0 Å². The summed E-state index contributed by atoms with van der Waals surface area (Å²) in [5.74, 6) is 0.232. The van der Waals surface area contributed by atoms with E-state index in [-0.39, 0.29) is 5.75 Å². The third-order valence-electron chi connectivity index (χ3n) is 2.22. The highest BCUT2D eigenvalue weighted by Gasteiger charge is 2.06. The van der Waals surface area contributed by atoms with Crippen molar-refractivity contribution < 1.29 is 5.11 Å². The zero-order valence-corrected chi connectivity index (χ0v) is 9.95. The van der Waals surface area contributed by atoms with E-state index in [0.717, 1.165) is 29.4 Å². The van der Waals surface area contributed by atoms with Gasteiger partial charge in [-0.25, -0.2) is 9.97 Å². The summed E-state index contributed by atoms with van der Waals surface area (Å²) < 4.78 is 0.573. The minimum atomic E-state index is 0.232. The van der Waals surface area contributed by atoms with Gasteiger partial charge >= 0.3 is 0 Å². The number of hydrogen-bond donors (Lipinski definition) is 1. The van der Waals surface area contributed by atoms with E-state index in [0.29, 0.717) is 4.73 Å². The second-order valence-electron chi connectivity index (χ2n) is 3.39. The Kier molecular flexibility index (Phi) is 2.86. The number of benzene rings is 1. The van der Waals surface area contributed by atoms with Gasteiger partial charge in [0.2, 0.25) is 0 Å². The molecular weight excluding hydrogens is 256 g/mol. The molecule has 0 aliphatic heterocycles. The second-order valence-corrected chi connectivity index (χ2v) is 4.10. The number of phenols is 1. The topological polar surface area (TPSA) is 46.0 Å². The third kappa shape index (κ3) is 2.09. The Morgan fingerprint density at radius 2 is 2.13 bits per heavy atom. The molecule has 3 nitrogen and oxygen atoms in total. The van der Waals surface area contributed by atoms with Crippen molar-refractivity contribution in [2.24, 2.45) is 0 Å². The van der Waals surface area contributed by atoms with Crippen molar-refractivity contribution >= 4 is 26.8 Å². The van der Waals surface area contributed by atoms with Gasteiger partial charge in [0.25, 0.3) is 0 Å². The largest absolute Gasteiger partial charge is 0.508 e. The Hall–Kier alpha value is -1.16. The fraction of sp³-hybridized carbons (Fsp3) is 0.273. The molecule has 15 heavy (non-hydrogen) atoms. The summed E-state index contributed by atoms with van der Waals surface area (Å²) in [4.78, 5) is 8.57. The van der Waals surface area contributed by atoms with E-state index in [1.165, 1.54) is 0 Å². The molecule has 0 amide bonds. The Morgan fingerprint density at radius 1 is 1.33 bits per heavy atom. The van der Waals surface area contributed by atoms with Crippen molar-refractivity contribution in [3.8, 4) is 5.75 Å². The fourth-order valence-electron chi connectivity index (χ4n) is 1.58. The zero-order valence-electron chi connectivity index (χ0n) is 8.37. The molecule has 0 saturated carbocycles. The highest BCUT2D eigenvalue weighted by molar-refractivity contribution is 9.10. The molecule has 78 valence electrons. The van der Waals surface area contributed by atoms with Crippen molar-refractivity contribution in [1.29, 1.82) is 0 Å². The van der Waals surface area contributed by atoms with Gasteiger partial charge in [-0.05, 0) is 34.5 Å². The minimum absolute atomic E-state index is 0.232. The van der Waals surface area contributed by atoms with Crippen LogP contribution in [0.2, 0.25) is 0 Å². The normalized spacial score (nSPS) is 10.8. The van der Waals surface area contributed by atoms with E-state index < -0.39 is 0 Å². The molecular formula is C11H11BrN2O. The van der Waals surface area contributed by atoms with Crippen LogP contribution in [0.4, 0.5) is 0 Å². The smallest absolute Gasteiger partial charge is 0.197 e. The maximum absolute atomic E-state index is 9.37. The number of aromatic hydroxyl groups is 1. The molecule has 2 aromatic rings. The van der Waals surface area contributed by atoms with Crippen molar-refractivity contribution in [2.45, 2.75) is 19.8 Å². The van der Waals surface area contributed by atoms with Gasteiger partial charge in [-0.1, -0.05) is 13.3 Å². The first-order chi connectivity index (χ1) is 7.20. The molecule has 0 aliphatic carbocycles. The molecule has 0 fully saturated rings. The van der Waals surface area contributed by atoms with Crippen LogP contribution in [0.5, 0.6) is 5.75 Å². The third-order valence-corrected chi connectivity index (χ3v) is 2.57. The molecule has 1 N–H and O–H groups in total. The van der Waals surface area contributed by atoms with Crippen LogP contribution in [0, 0.1) is 0 Å². The predicted octanol–water partition coefficient (Wildman–Crippen LogP) is 3.05. The van der Waals surface area contributed by atoms with E-state index in [1.54, 1.807) is 12.1 Å². The SMILES string of the molecule is CCCc1nc(Br)nc2cc(O)ccc12. The summed E-state index contributed by atoms with van der Waals surface area (Å²) in [7, 11) is 0. The van der Waals surface area contributed by atoms with Crippen LogP contribution in [0.15, 0.2) is 22.9 Å². The number of rotatable bonds is 2. The maximum Gasteiger partial charge on any atom is 0.197 e. The molecule has 2 rings (SSSR count). The summed E-state index contributed by atoms with van der Waals surface area (Å²) in [5.41, 5.74) is 1.80. The number of aromatic nitrogens is 2. The van der Waals surface area contributed by atoms with Crippen LogP contribution in [0.1, 0.15) is 19.0 Å². The van der Waals surface area contributed by atoms with Crippen LogP contribution in [0.3, 0.4) is 0 Å². The van der Waals surface area contributed by atoms with Crippen LogP contribution >= 0.6 is 15.9 Å². The number of fused-ring (bicyclic) bond motifs is 1. The molecule has 0 atom stereocenters. The molecule has 0 saturated heterocycles. The number of nitrogens with zero attached hydrogens (tertiary/aromatic N) is 2. The van der Waals surface area contributed by atoms with Gasteiger partial charge in [0.1, 0.15) is 5.75 Å². The molecule has 4 heteroatoms. The predicted molar refractivity (Wildman–Crippen MR) is 62.9 cm³/mol. The molecule has 0 aliphatic rings. The summed E-state index contributed by atoms with van der Waals surface area (Å²) in [6.45, 7) is 2.11. The van der Waals surface area contributed by atoms with Gasteiger partial charge in [-0.15, -0.1) is 0 Å². The summed E-state index contributed by atoms with van der Waals surface area (Å²) in [6.07, 6.45) is 1.96. The monoisotopic (exact) mass is 266 g/mol. The van der Waals surface area contributed by atoms with Gasteiger partial charge in [0.15, 0.2) is 4.73 Å². The molecule has 0 unspecified atom stereocenters. The Bertz CT molecular complexity index is 494. The molecule has 0 bridgehead atoms. The maximum atomic E-state index is 9.37. The molecule has 1 aromatic heterocycles. The van der Waals surface area contributed by atoms with Crippen LogP contribution < -0.4 is 0 Å². The minimum Gasteiger partial charge on any atom is -0.508 e. The van der Waals surface area contributed by atoms with Crippen molar-refractivity contribution in [2.75, 3.05) is 0 Å². The number of halogens is 1. The Morgan fingerprint density at radius 3 is 2.87 bits per heavy atom. The molecule has 1 heterocycles. The summed E-state index contributed by atoms with van der Waals surface area (Å²) in [5, 5.41) is 10.4. The Labute approximate surface area is 96.3 Å². The van der Waals surface area contributed by atoms with Crippen LogP contribution in [-0.4, -0.2) is 15.1 Å². The number of phenolic OH excluding ortho intramolecular Hbond substituents is 1. The van der Waals surface area contributed by atoms with E-state index >= 15 is 0 Å². The lowest BCUT2D eigenvalue weighted by molar-refractivity contribution is 0.476.